The van der Waals surface area contributed by atoms with Crippen molar-refractivity contribution in [3.8, 4) is 11.5 Å². The summed E-state index contributed by atoms with van der Waals surface area (Å²) < 4.78 is 44.0. The van der Waals surface area contributed by atoms with Gasteiger partial charge in [0.2, 0.25) is 0 Å². The third kappa shape index (κ3) is 5.07. The first-order chi connectivity index (χ1) is 23.1. The Kier molecular flexibility index (Phi) is 8.81. The third-order valence-corrected chi connectivity index (χ3v) is 12.9. The van der Waals surface area contributed by atoms with Gasteiger partial charge in [-0.15, -0.1) is 0 Å². The highest BCUT2D eigenvalue weighted by molar-refractivity contribution is 5.63. The Morgan fingerprint density at radius 3 is 2.45 bits per heavy atom. The summed E-state index contributed by atoms with van der Waals surface area (Å²) >= 11 is 0. The Hall–Kier alpha value is -2.20. The fourth-order valence-corrected chi connectivity index (χ4v) is 10.7. The number of benzene rings is 2. The first-order valence-corrected chi connectivity index (χ1v) is 18.1. The van der Waals surface area contributed by atoms with Crippen molar-refractivity contribution in [1.82, 2.24) is 4.90 Å². The lowest BCUT2D eigenvalue weighted by Crippen LogP contribution is -2.82. The lowest BCUT2D eigenvalue weighted by molar-refractivity contribution is -0.321. The molecular weight excluding hydrogens is 594 g/mol. The fraction of sp³-hybridized carbons (Fsp3) is 0.692. The largest absolute Gasteiger partial charge is 0.493 e. The summed E-state index contributed by atoms with van der Waals surface area (Å²) in [4.78, 5) is 2.89. The average molecular weight is 648 g/mol. The van der Waals surface area contributed by atoms with E-state index in [1.165, 1.54) is 36.1 Å². The van der Waals surface area contributed by atoms with Gasteiger partial charge in [0.25, 0.3) is 0 Å². The summed E-state index contributed by atoms with van der Waals surface area (Å²) in [6.07, 6.45) is 8.04. The van der Waals surface area contributed by atoms with Gasteiger partial charge in [0, 0.05) is 43.0 Å². The zero-order valence-electron chi connectivity index (χ0n) is 28.5. The third-order valence-electron chi connectivity index (χ3n) is 12.9. The molecule has 2 aromatic rings. The smallest absolute Gasteiger partial charge is 0.165 e. The quantitative estimate of drug-likeness (QED) is 0.207. The van der Waals surface area contributed by atoms with Gasteiger partial charge in [-0.3, -0.25) is 4.90 Å². The molecule has 2 bridgehead atoms. The van der Waals surface area contributed by atoms with Crippen molar-refractivity contribution in [1.29, 1.82) is 0 Å². The molecule has 0 amide bonds. The van der Waals surface area contributed by atoms with E-state index in [4.69, 9.17) is 33.2 Å². The lowest BCUT2D eigenvalue weighted by Gasteiger charge is -2.73. The van der Waals surface area contributed by atoms with Crippen LogP contribution in [0.15, 0.2) is 42.5 Å². The maximum absolute atomic E-state index is 7.34. The van der Waals surface area contributed by atoms with Gasteiger partial charge in [-0.25, -0.2) is 0 Å². The Balaban J connectivity index is 1.12. The lowest BCUT2D eigenvalue weighted by atomic mass is 9.36. The first-order valence-electron chi connectivity index (χ1n) is 18.1. The average Bonchev–Trinajstić information content (AvgIpc) is 3.85. The van der Waals surface area contributed by atoms with E-state index < -0.39 is 5.60 Å². The van der Waals surface area contributed by atoms with Crippen LogP contribution in [0.1, 0.15) is 62.1 Å². The predicted octanol–water partition coefficient (Wildman–Crippen LogP) is 5.57. The van der Waals surface area contributed by atoms with Crippen molar-refractivity contribution in [2.75, 3.05) is 67.0 Å². The van der Waals surface area contributed by atoms with Gasteiger partial charge in [-0.1, -0.05) is 43.3 Å². The molecule has 4 fully saturated rings. The molecule has 1 unspecified atom stereocenters. The number of ether oxygens (including phenoxy) is 7. The highest BCUT2D eigenvalue weighted by Gasteiger charge is 2.81. The number of hydrogen-bond donors (Lipinski definition) is 0. The van der Waals surface area contributed by atoms with Crippen LogP contribution in [0.5, 0.6) is 11.5 Å². The Labute approximate surface area is 280 Å². The summed E-state index contributed by atoms with van der Waals surface area (Å²) in [6, 6.07) is 15.6. The summed E-state index contributed by atoms with van der Waals surface area (Å²) in [5, 5.41) is 0. The van der Waals surface area contributed by atoms with Gasteiger partial charge in [0.1, 0.15) is 11.7 Å². The minimum atomic E-state index is -0.444. The van der Waals surface area contributed by atoms with Crippen molar-refractivity contribution in [2.45, 2.75) is 87.7 Å². The molecule has 8 nitrogen and oxygen atoms in total. The highest BCUT2D eigenvalue weighted by atomic mass is 16.6. The molecule has 2 heterocycles. The van der Waals surface area contributed by atoms with Gasteiger partial charge in [-0.05, 0) is 73.6 Å². The zero-order valence-corrected chi connectivity index (χ0v) is 28.5. The standard InChI is InChI=1S/C39H53NO7/c1-4-37-23-30-32(45-26-28-8-6-5-7-9-28)24-39(30,46-21-20-44-19-18-43-17-16-41-2)36-38(37)14-15-40(25-27-10-11-27)33(37)22-29-12-13-31(42-3)35(47-36)34(29)38/h5-9,12-13,27,30,32-33,36H,4,10-11,14-26H2,1-3H3/t30-,32?,33-,36-,37-,38+,39-/m1/s1. The molecule has 2 aliphatic heterocycles. The Bertz CT molecular complexity index is 1400. The van der Waals surface area contributed by atoms with Crippen LogP contribution in [-0.2, 0) is 42.1 Å². The van der Waals surface area contributed by atoms with Crippen LogP contribution in [0.25, 0.3) is 0 Å². The molecule has 0 aromatic heterocycles. The van der Waals surface area contributed by atoms with Gasteiger partial charge in [0.05, 0.1) is 59.5 Å². The fourth-order valence-electron chi connectivity index (χ4n) is 10.7. The van der Waals surface area contributed by atoms with Crippen LogP contribution in [0.2, 0.25) is 0 Å². The van der Waals surface area contributed by atoms with Crippen molar-refractivity contribution in [3.05, 3.63) is 59.2 Å². The minimum Gasteiger partial charge on any atom is -0.493 e. The number of hydrogen-bond acceptors (Lipinski definition) is 8. The van der Waals surface area contributed by atoms with Gasteiger partial charge in [0.15, 0.2) is 11.5 Å². The highest BCUT2D eigenvalue weighted by Crippen LogP contribution is 2.76. The van der Waals surface area contributed by atoms with E-state index in [0.29, 0.717) is 52.3 Å². The van der Waals surface area contributed by atoms with Crippen LogP contribution in [-0.4, -0.2) is 95.7 Å². The number of fused-ring (bicyclic) bond motifs is 2. The Morgan fingerprint density at radius 1 is 0.915 bits per heavy atom. The van der Waals surface area contributed by atoms with Crippen LogP contribution >= 0.6 is 0 Å². The summed E-state index contributed by atoms with van der Waals surface area (Å²) in [5.41, 5.74) is 3.64. The Morgan fingerprint density at radius 2 is 1.70 bits per heavy atom. The number of methoxy groups -OCH3 is 2. The van der Waals surface area contributed by atoms with E-state index in [0.717, 1.165) is 56.1 Å². The van der Waals surface area contributed by atoms with E-state index >= 15 is 0 Å². The zero-order chi connectivity index (χ0) is 32.1. The van der Waals surface area contributed by atoms with E-state index in [1.807, 2.05) is 0 Å². The predicted molar refractivity (Wildman–Crippen MR) is 178 cm³/mol. The van der Waals surface area contributed by atoms with Gasteiger partial charge in [-0.2, -0.15) is 0 Å². The van der Waals surface area contributed by atoms with Gasteiger partial charge >= 0.3 is 0 Å². The van der Waals surface area contributed by atoms with Crippen LogP contribution < -0.4 is 9.47 Å². The van der Waals surface area contributed by atoms with E-state index in [2.05, 4.69) is 54.3 Å². The topological polar surface area (TPSA) is 67.9 Å². The molecule has 0 radical (unpaired) electrons. The number of piperidine rings is 1. The maximum Gasteiger partial charge on any atom is 0.165 e. The number of rotatable bonds is 17. The molecule has 3 saturated carbocycles. The molecule has 256 valence electrons. The van der Waals surface area contributed by atoms with Crippen molar-refractivity contribution in [2.24, 2.45) is 17.3 Å². The normalized spacial score (nSPS) is 34.7. The van der Waals surface area contributed by atoms with Gasteiger partial charge < -0.3 is 33.2 Å². The first kappa shape index (κ1) is 32.0. The van der Waals surface area contributed by atoms with Crippen molar-refractivity contribution < 1.29 is 33.2 Å². The molecule has 0 N–H and O–H groups in total. The molecule has 1 saturated heterocycles. The molecule has 1 spiro atoms. The number of nitrogens with zero attached hydrogens (tertiary/aromatic N) is 1. The van der Waals surface area contributed by atoms with Crippen molar-refractivity contribution in [3.63, 3.8) is 0 Å². The molecule has 6 aliphatic rings. The van der Waals surface area contributed by atoms with Crippen molar-refractivity contribution >= 4 is 0 Å². The summed E-state index contributed by atoms with van der Waals surface area (Å²) in [5.74, 6) is 2.94. The minimum absolute atomic E-state index is 0.0811. The van der Waals surface area contributed by atoms with E-state index in [-0.39, 0.29) is 29.0 Å². The van der Waals surface area contributed by atoms with Crippen LogP contribution in [0.4, 0.5) is 0 Å². The molecule has 2 aromatic carbocycles. The monoisotopic (exact) mass is 647 g/mol. The van der Waals surface area contributed by atoms with Crippen LogP contribution in [0, 0.1) is 17.3 Å². The second-order valence-electron chi connectivity index (χ2n) is 14.9. The molecule has 7 atom stereocenters. The summed E-state index contributed by atoms with van der Waals surface area (Å²) in [7, 11) is 3.46. The molecular formula is C39H53NO7. The molecule has 8 heteroatoms. The second kappa shape index (κ2) is 12.9. The van der Waals surface area contributed by atoms with Crippen LogP contribution in [0.3, 0.4) is 0 Å². The number of likely N-dealkylation sites (tertiary alicyclic amines) is 1. The summed E-state index contributed by atoms with van der Waals surface area (Å²) in [6.45, 7) is 8.74. The molecule has 8 rings (SSSR count). The molecule has 47 heavy (non-hydrogen) atoms. The SMILES string of the molecule is CC[C@]12C[C@@H]3C(OCc4ccccc4)C[C@]3(OCCOCCOCCOC)[C@@H]3Oc4c(OC)ccc5c4[C@@]31CCN(CC1CC1)[C@@H]2C5. The second-order valence-corrected chi connectivity index (χ2v) is 14.9. The van der Waals surface area contributed by atoms with E-state index in [1.54, 1.807) is 14.2 Å². The maximum atomic E-state index is 7.34. The molecule has 4 aliphatic carbocycles. The van der Waals surface area contributed by atoms with E-state index in [9.17, 15) is 0 Å².